The Labute approximate surface area is 148 Å². The second-order valence-electron chi connectivity index (χ2n) is 7.41. The molecule has 6 nitrogen and oxygen atoms in total. The molecule has 7 heteroatoms. The van der Waals surface area contributed by atoms with Crippen LogP contribution < -0.4 is 5.73 Å². The highest BCUT2D eigenvalue weighted by Crippen LogP contribution is 2.29. The van der Waals surface area contributed by atoms with Crippen molar-refractivity contribution in [3.05, 3.63) is 23.5 Å². The quantitative estimate of drug-likeness (QED) is 0.898. The van der Waals surface area contributed by atoms with Gasteiger partial charge in [0.05, 0.1) is 16.6 Å². The average molecular weight is 353 g/mol. The molecule has 24 heavy (non-hydrogen) atoms. The molecule has 0 aliphatic carbocycles. The monoisotopic (exact) mass is 352 g/mol. The van der Waals surface area contributed by atoms with E-state index in [1.807, 2.05) is 24.8 Å². The lowest BCUT2D eigenvalue weighted by Gasteiger charge is -2.42. The van der Waals surface area contributed by atoms with Gasteiger partial charge in [0.15, 0.2) is 0 Å². The maximum atomic E-state index is 12.8. The molecule has 3 heterocycles. The number of amides is 1. The van der Waals surface area contributed by atoms with Crippen molar-refractivity contribution in [1.82, 2.24) is 15.0 Å². The lowest BCUT2D eigenvalue weighted by molar-refractivity contribution is 0.0533. The molecule has 1 aliphatic rings. The van der Waals surface area contributed by atoms with Gasteiger partial charge in [-0.3, -0.25) is 4.79 Å². The van der Waals surface area contributed by atoms with Gasteiger partial charge in [-0.05, 0) is 23.8 Å². The van der Waals surface area contributed by atoms with E-state index in [2.05, 4.69) is 24.0 Å². The van der Waals surface area contributed by atoms with Crippen LogP contribution in [-0.4, -0.2) is 40.1 Å². The van der Waals surface area contributed by atoms with Crippen molar-refractivity contribution >= 4 is 29.4 Å². The molecule has 2 N–H and O–H groups in total. The zero-order valence-corrected chi connectivity index (χ0v) is 15.4. The number of piperidine rings is 1. The highest BCUT2D eigenvalue weighted by molar-refractivity contribution is 5.97. The molecule has 0 bridgehead atoms. The molecule has 1 atom stereocenters. The summed E-state index contributed by atoms with van der Waals surface area (Å²) in [6.07, 6.45) is 2.39. The number of nitrogens with zero attached hydrogens (tertiary/aromatic N) is 3. The summed E-state index contributed by atoms with van der Waals surface area (Å²) in [5, 5.41) is 4.88. The maximum absolute atomic E-state index is 12.8. The normalized spacial score (nSPS) is 20.2. The van der Waals surface area contributed by atoms with Crippen LogP contribution in [-0.2, 0) is 0 Å². The molecule has 1 unspecified atom stereocenters. The van der Waals surface area contributed by atoms with Crippen molar-refractivity contribution < 1.29 is 9.32 Å². The summed E-state index contributed by atoms with van der Waals surface area (Å²) in [6, 6.07) is 1.97. The van der Waals surface area contributed by atoms with E-state index >= 15 is 0 Å². The van der Waals surface area contributed by atoms with E-state index in [1.54, 1.807) is 6.20 Å². The average Bonchev–Trinajstić information content (AvgIpc) is 2.92. The molecular weight excluding hydrogens is 328 g/mol. The van der Waals surface area contributed by atoms with Crippen molar-refractivity contribution in [3.63, 3.8) is 0 Å². The van der Waals surface area contributed by atoms with Gasteiger partial charge in [0.25, 0.3) is 11.6 Å². The van der Waals surface area contributed by atoms with Crippen molar-refractivity contribution in [2.75, 3.05) is 13.1 Å². The van der Waals surface area contributed by atoms with Crippen LogP contribution in [0.5, 0.6) is 0 Å². The topological polar surface area (TPSA) is 85.2 Å². The second-order valence-corrected chi connectivity index (χ2v) is 7.41. The highest BCUT2D eigenvalue weighted by Gasteiger charge is 2.35. The maximum Gasteiger partial charge on any atom is 0.257 e. The Kier molecular flexibility index (Phi) is 5.20. The van der Waals surface area contributed by atoms with Crippen LogP contribution in [0.25, 0.3) is 11.1 Å². The Morgan fingerprint density at radius 1 is 1.46 bits per heavy atom. The van der Waals surface area contributed by atoms with Gasteiger partial charge >= 0.3 is 0 Å². The largest absolute Gasteiger partial charge is 0.338 e. The highest BCUT2D eigenvalue weighted by atomic mass is 35.5. The van der Waals surface area contributed by atoms with Crippen molar-refractivity contribution in [3.8, 4) is 0 Å². The van der Waals surface area contributed by atoms with Crippen LogP contribution in [0.2, 0.25) is 0 Å². The Hall–Kier alpha value is -1.66. The van der Waals surface area contributed by atoms with E-state index in [0.29, 0.717) is 24.4 Å². The number of fused-ring (bicyclic) bond motifs is 1. The molecule has 2 aromatic rings. The number of carbonyl (C=O) groups is 1. The number of likely N-dealkylation sites (tertiary alicyclic amines) is 1. The van der Waals surface area contributed by atoms with Gasteiger partial charge in [-0.1, -0.05) is 32.9 Å². The number of nitrogens with two attached hydrogens (primary N) is 1. The summed E-state index contributed by atoms with van der Waals surface area (Å²) in [6.45, 7) is 9.64. The minimum Gasteiger partial charge on any atom is -0.338 e. The van der Waals surface area contributed by atoms with E-state index in [0.717, 1.165) is 17.5 Å². The molecule has 0 radical (unpaired) electrons. The summed E-state index contributed by atoms with van der Waals surface area (Å²) in [4.78, 5) is 19.0. The fourth-order valence-electron chi connectivity index (χ4n) is 3.11. The zero-order chi connectivity index (χ0) is 16.8. The zero-order valence-electron chi connectivity index (χ0n) is 14.6. The first-order chi connectivity index (χ1) is 10.8. The molecule has 2 aromatic heterocycles. The van der Waals surface area contributed by atoms with Crippen LogP contribution in [0, 0.1) is 5.41 Å². The molecule has 132 valence electrons. The number of hydrogen-bond donors (Lipinski definition) is 1. The van der Waals surface area contributed by atoms with Gasteiger partial charge in [-0.15, -0.1) is 12.4 Å². The van der Waals surface area contributed by atoms with E-state index in [1.165, 1.54) is 0 Å². The van der Waals surface area contributed by atoms with Crippen molar-refractivity contribution in [2.45, 2.75) is 46.1 Å². The molecule has 3 rings (SSSR count). The van der Waals surface area contributed by atoms with Crippen LogP contribution in [0.1, 0.15) is 56.1 Å². The van der Waals surface area contributed by atoms with Gasteiger partial charge in [0, 0.05) is 25.3 Å². The van der Waals surface area contributed by atoms with Crippen LogP contribution in [0.15, 0.2) is 16.8 Å². The SMILES string of the molecule is CC(C)c1noc2ncc(C(=O)N3CCC(N)C(C)(C)C3)cc12.Cl. The number of halogens is 1. The third-order valence-corrected chi connectivity index (χ3v) is 4.75. The van der Waals surface area contributed by atoms with Gasteiger partial charge in [0.2, 0.25) is 0 Å². The molecule has 0 saturated carbocycles. The third-order valence-electron chi connectivity index (χ3n) is 4.75. The Balaban J connectivity index is 0.00000208. The summed E-state index contributed by atoms with van der Waals surface area (Å²) >= 11 is 0. The fraction of sp³-hybridized carbons (Fsp3) is 0.588. The molecule has 1 fully saturated rings. The Morgan fingerprint density at radius 3 is 2.79 bits per heavy atom. The second kappa shape index (κ2) is 6.69. The Bertz CT molecular complexity index is 741. The minimum absolute atomic E-state index is 0. The number of rotatable bonds is 2. The van der Waals surface area contributed by atoms with Gasteiger partial charge in [-0.25, -0.2) is 4.98 Å². The third kappa shape index (κ3) is 3.26. The van der Waals surface area contributed by atoms with Crippen LogP contribution in [0.4, 0.5) is 0 Å². The standard InChI is InChI=1S/C17H24N4O2.ClH/c1-10(2)14-12-7-11(8-19-15(12)23-20-14)16(22)21-6-5-13(18)17(3,4)9-21;/h7-8,10,13H,5-6,9,18H2,1-4H3;1H. The van der Waals surface area contributed by atoms with E-state index in [4.69, 9.17) is 10.3 Å². The van der Waals surface area contributed by atoms with Gasteiger partial charge in [0.1, 0.15) is 0 Å². The smallest absolute Gasteiger partial charge is 0.257 e. The summed E-state index contributed by atoms with van der Waals surface area (Å²) in [5.41, 5.74) is 7.97. The molecular formula is C17H25ClN4O2. The lowest BCUT2D eigenvalue weighted by atomic mass is 9.79. The summed E-state index contributed by atoms with van der Waals surface area (Å²) < 4.78 is 5.24. The van der Waals surface area contributed by atoms with Gasteiger partial charge in [-0.2, -0.15) is 0 Å². The van der Waals surface area contributed by atoms with E-state index in [-0.39, 0.29) is 35.7 Å². The number of carbonyl (C=O) groups excluding carboxylic acids is 1. The predicted molar refractivity (Wildman–Crippen MR) is 95.4 cm³/mol. The predicted octanol–water partition coefficient (Wildman–Crippen LogP) is 2.97. The van der Waals surface area contributed by atoms with E-state index in [9.17, 15) is 4.79 Å². The van der Waals surface area contributed by atoms with Crippen molar-refractivity contribution in [1.29, 1.82) is 0 Å². The molecule has 0 aromatic carbocycles. The lowest BCUT2D eigenvalue weighted by Crippen LogP contribution is -2.54. The molecule has 1 saturated heterocycles. The first-order valence-electron chi connectivity index (χ1n) is 8.10. The van der Waals surface area contributed by atoms with Crippen molar-refractivity contribution in [2.24, 2.45) is 11.1 Å². The molecule has 1 amide bonds. The summed E-state index contributed by atoms with van der Waals surface area (Å²) in [7, 11) is 0. The summed E-state index contributed by atoms with van der Waals surface area (Å²) in [5.74, 6) is 0.214. The molecule has 1 aliphatic heterocycles. The minimum atomic E-state index is -0.0777. The van der Waals surface area contributed by atoms with E-state index < -0.39 is 0 Å². The Morgan fingerprint density at radius 2 is 2.17 bits per heavy atom. The first kappa shape index (κ1) is 18.7. The van der Waals surface area contributed by atoms with Crippen LogP contribution >= 0.6 is 12.4 Å². The number of hydrogen-bond acceptors (Lipinski definition) is 5. The molecule has 0 spiro atoms. The van der Waals surface area contributed by atoms with Crippen LogP contribution in [0.3, 0.4) is 0 Å². The first-order valence-corrected chi connectivity index (χ1v) is 8.10. The van der Waals surface area contributed by atoms with Gasteiger partial charge < -0.3 is 15.2 Å². The number of pyridine rings is 1. The number of aromatic nitrogens is 2. The fourth-order valence-corrected chi connectivity index (χ4v) is 3.11.